The van der Waals surface area contributed by atoms with Crippen LogP contribution < -0.4 is 9.64 Å². The molecule has 7 nitrogen and oxygen atoms in total. The van der Waals surface area contributed by atoms with Gasteiger partial charge in [-0.1, -0.05) is 6.07 Å². The van der Waals surface area contributed by atoms with Gasteiger partial charge in [-0.25, -0.2) is 4.98 Å². The molecule has 1 aliphatic rings. The zero-order valence-electron chi connectivity index (χ0n) is 19.3. The van der Waals surface area contributed by atoms with Crippen LogP contribution in [0.5, 0.6) is 5.75 Å². The van der Waals surface area contributed by atoms with Gasteiger partial charge in [0.2, 0.25) is 0 Å². The summed E-state index contributed by atoms with van der Waals surface area (Å²) in [4.78, 5) is 14.5. The van der Waals surface area contributed by atoms with Crippen molar-refractivity contribution in [1.29, 1.82) is 0 Å². The number of anilines is 2. The Bertz CT molecular complexity index is 1230. The largest absolute Gasteiger partial charge is 0.497 e. The van der Waals surface area contributed by atoms with Crippen LogP contribution in [0.15, 0.2) is 61.1 Å². The molecule has 2 aromatic carbocycles. The van der Waals surface area contributed by atoms with Gasteiger partial charge < -0.3 is 14.5 Å². The number of methoxy groups -OCH3 is 1. The summed E-state index contributed by atoms with van der Waals surface area (Å²) in [5.41, 5.74) is 5.78. The molecule has 0 amide bonds. The first-order chi connectivity index (χ1) is 16.2. The van der Waals surface area contributed by atoms with E-state index < -0.39 is 0 Å². The molecule has 170 valence electrons. The van der Waals surface area contributed by atoms with Crippen molar-refractivity contribution in [3.63, 3.8) is 0 Å². The van der Waals surface area contributed by atoms with E-state index in [9.17, 15) is 0 Å². The van der Waals surface area contributed by atoms with Crippen LogP contribution in [0.4, 0.5) is 11.4 Å². The summed E-state index contributed by atoms with van der Waals surface area (Å²) in [6.07, 6.45) is 9.33. The van der Waals surface area contributed by atoms with E-state index in [0.717, 1.165) is 58.9 Å². The minimum atomic E-state index is 0.828. The standard InChI is InChI=1S/C26H30N6O/c1-30-19-20(17-28-30)26-18-27-24-10-9-22(16-25(24)29-26)32(14-6-13-31-11-3-4-12-31)21-7-5-8-23(15-21)33-2/h5,7-10,15-19H,3-4,6,11-14H2,1-2H3. The molecule has 5 rings (SSSR count). The van der Waals surface area contributed by atoms with Crippen LogP contribution in [-0.2, 0) is 7.05 Å². The number of benzene rings is 2. The van der Waals surface area contributed by atoms with Gasteiger partial charge in [0.15, 0.2) is 0 Å². The first kappa shape index (κ1) is 21.4. The van der Waals surface area contributed by atoms with E-state index in [1.165, 1.54) is 25.9 Å². The van der Waals surface area contributed by atoms with Crippen molar-refractivity contribution in [1.82, 2.24) is 24.6 Å². The lowest BCUT2D eigenvalue weighted by Gasteiger charge is -2.27. The van der Waals surface area contributed by atoms with Crippen LogP contribution >= 0.6 is 0 Å². The Hall–Kier alpha value is -3.45. The third-order valence-electron chi connectivity index (χ3n) is 6.26. The Balaban J connectivity index is 1.47. The monoisotopic (exact) mass is 442 g/mol. The quantitative estimate of drug-likeness (QED) is 0.395. The van der Waals surface area contributed by atoms with Crippen LogP contribution in [0.25, 0.3) is 22.3 Å². The molecule has 33 heavy (non-hydrogen) atoms. The first-order valence-electron chi connectivity index (χ1n) is 11.6. The predicted molar refractivity (Wildman–Crippen MR) is 132 cm³/mol. The van der Waals surface area contributed by atoms with E-state index in [0.29, 0.717) is 0 Å². The van der Waals surface area contributed by atoms with E-state index in [1.54, 1.807) is 11.8 Å². The second kappa shape index (κ2) is 9.58. The van der Waals surface area contributed by atoms with Gasteiger partial charge in [-0.05, 0) is 69.2 Å². The first-order valence-corrected chi connectivity index (χ1v) is 11.6. The average Bonchev–Trinajstić information content (AvgIpc) is 3.53. The average molecular weight is 443 g/mol. The van der Waals surface area contributed by atoms with Gasteiger partial charge in [-0.15, -0.1) is 0 Å². The maximum Gasteiger partial charge on any atom is 0.120 e. The van der Waals surface area contributed by atoms with Gasteiger partial charge in [0.1, 0.15) is 5.75 Å². The van der Waals surface area contributed by atoms with Gasteiger partial charge in [0, 0.05) is 42.8 Å². The molecule has 0 N–H and O–H groups in total. The Labute approximate surface area is 194 Å². The number of nitrogens with zero attached hydrogens (tertiary/aromatic N) is 6. The highest BCUT2D eigenvalue weighted by Gasteiger charge is 2.15. The van der Waals surface area contributed by atoms with E-state index in [2.05, 4.69) is 50.2 Å². The molecule has 1 aliphatic heterocycles. The lowest BCUT2D eigenvalue weighted by atomic mass is 10.2. The molecule has 0 saturated carbocycles. The number of hydrogen-bond donors (Lipinski definition) is 0. The van der Waals surface area contributed by atoms with Gasteiger partial charge in [0.05, 0.1) is 36.2 Å². The molecule has 2 aromatic heterocycles. The fraction of sp³-hybridized carbons (Fsp3) is 0.346. The molecule has 1 saturated heterocycles. The minimum absolute atomic E-state index is 0.828. The minimum Gasteiger partial charge on any atom is -0.497 e. The molecule has 0 bridgehead atoms. The molecular weight excluding hydrogens is 412 g/mol. The third-order valence-corrected chi connectivity index (χ3v) is 6.26. The molecule has 1 fully saturated rings. The Kier molecular flexibility index (Phi) is 6.21. The third kappa shape index (κ3) is 4.83. The smallest absolute Gasteiger partial charge is 0.120 e. The molecule has 0 aliphatic carbocycles. The van der Waals surface area contributed by atoms with Gasteiger partial charge in [0.25, 0.3) is 0 Å². The molecule has 3 heterocycles. The zero-order chi connectivity index (χ0) is 22.6. The van der Waals surface area contributed by atoms with Gasteiger partial charge >= 0.3 is 0 Å². The fourth-order valence-electron chi connectivity index (χ4n) is 4.50. The van der Waals surface area contributed by atoms with E-state index in [1.807, 2.05) is 37.8 Å². The zero-order valence-corrected chi connectivity index (χ0v) is 19.3. The second-order valence-electron chi connectivity index (χ2n) is 8.59. The Morgan fingerprint density at radius 1 is 1.00 bits per heavy atom. The fourth-order valence-corrected chi connectivity index (χ4v) is 4.50. The molecule has 0 atom stereocenters. The predicted octanol–water partition coefficient (Wildman–Crippen LogP) is 4.66. The summed E-state index contributed by atoms with van der Waals surface area (Å²) >= 11 is 0. The second-order valence-corrected chi connectivity index (χ2v) is 8.59. The van der Waals surface area contributed by atoms with Crippen LogP contribution in [0.3, 0.4) is 0 Å². The number of ether oxygens (including phenoxy) is 1. The maximum atomic E-state index is 5.50. The van der Waals surface area contributed by atoms with E-state index in [4.69, 9.17) is 9.72 Å². The van der Waals surface area contributed by atoms with Crippen molar-refractivity contribution in [2.24, 2.45) is 7.05 Å². The number of likely N-dealkylation sites (tertiary alicyclic amines) is 1. The lowest BCUT2D eigenvalue weighted by molar-refractivity contribution is 0.336. The van der Waals surface area contributed by atoms with Crippen molar-refractivity contribution >= 4 is 22.4 Å². The molecular formula is C26H30N6O. The van der Waals surface area contributed by atoms with Crippen molar-refractivity contribution in [2.45, 2.75) is 19.3 Å². The molecule has 4 aromatic rings. The highest BCUT2D eigenvalue weighted by atomic mass is 16.5. The topological polar surface area (TPSA) is 59.3 Å². The highest BCUT2D eigenvalue weighted by Crippen LogP contribution is 2.31. The lowest BCUT2D eigenvalue weighted by Crippen LogP contribution is -2.26. The Morgan fingerprint density at radius 3 is 2.64 bits per heavy atom. The number of rotatable bonds is 8. The summed E-state index contributed by atoms with van der Waals surface area (Å²) in [6.45, 7) is 4.49. The van der Waals surface area contributed by atoms with E-state index in [-0.39, 0.29) is 0 Å². The van der Waals surface area contributed by atoms with Crippen molar-refractivity contribution in [3.8, 4) is 17.0 Å². The molecule has 7 heteroatoms. The number of fused-ring (bicyclic) bond motifs is 1. The van der Waals surface area contributed by atoms with Crippen molar-refractivity contribution in [2.75, 3.05) is 38.2 Å². The maximum absolute atomic E-state index is 5.50. The van der Waals surface area contributed by atoms with Gasteiger partial charge in [-0.3, -0.25) is 9.67 Å². The number of hydrogen-bond acceptors (Lipinski definition) is 6. The van der Waals surface area contributed by atoms with Crippen LogP contribution in [-0.4, -0.2) is 57.9 Å². The van der Waals surface area contributed by atoms with Crippen molar-refractivity contribution < 1.29 is 4.74 Å². The Morgan fingerprint density at radius 2 is 1.85 bits per heavy atom. The summed E-state index contributed by atoms with van der Waals surface area (Å²) < 4.78 is 7.28. The molecule has 0 spiro atoms. The molecule has 0 unspecified atom stereocenters. The summed E-state index contributed by atoms with van der Waals surface area (Å²) in [6, 6.07) is 14.6. The van der Waals surface area contributed by atoms with Gasteiger partial charge in [-0.2, -0.15) is 5.10 Å². The normalized spacial score (nSPS) is 14.1. The highest BCUT2D eigenvalue weighted by molar-refractivity contribution is 5.82. The van der Waals surface area contributed by atoms with Crippen LogP contribution in [0.1, 0.15) is 19.3 Å². The summed E-state index contributed by atoms with van der Waals surface area (Å²) in [5.74, 6) is 0.858. The number of aryl methyl sites for hydroxylation is 1. The van der Waals surface area contributed by atoms with Crippen molar-refractivity contribution in [3.05, 3.63) is 61.1 Å². The van der Waals surface area contributed by atoms with Crippen LogP contribution in [0.2, 0.25) is 0 Å². The van der Waals surface area contributed by atoms with E-state index >= 15 is 0 Å². The SMILES string of the molecule is COc1cccc(N(CCCN2CCCC2)c2ccc3ncc(-c4cnn(C)c4)nc3c2)c1. The summed E-state index contributed by atoms with van der Waals surface area (Å²) in [7, 11) is 3.62. The molecule has 0 radical (unpaired) electrons. The van der Waals surface area contributed by atoms with Crippen LogP contribution in [0, 0.1) is 0 Å². The number of aromatic nitrogens is 4. The summed E-state index contributed by atoms with van der Waals surface area (Å²) in [5, 5.41) is 4.27.